The lowest BCUT2D eigenvalue weighted by Gasteiger charge is -2.11. The second-order valence-corrected chi connectivity index (χ2v) is 6.86. The van der Waals surface area contributed by atoms with Crippen LogP contribution in [0.1, 0.15) is 12.5 Å². The number of phenolic OH excluding ortho intramolecular Hbond substituents is 1. The highest BCUT2D eigenvalue weighted by Crippen LogP contribution is 2.39. The van der Waals surface area contributed by atoms with Crippen molar-refractivity contribution < 1.29 is 14.6 Å². The van der Waals surface area contributed by atoms with Crippen molar-refractivity contribution in [3.63, 3.8) is 0 Å². The molecule has 0 bridgehead atoms. The van der Waals surface area contributed by atoms with Crippen LogP contribution in [0.3, 0.4) is 0 Å². The maximum atomic E-state index is 12.0. The summed E-state index contributed by atoms with van der Waals surface area (Å²) in [6.07, 6.45) is 1.22. The van der Waals surface area contributed by atoms with Gasteiger partial charge in [-0.3, -0.25) is 4.79 Å². The van der Waals surface area contributed by atoms with Crippen molar-refractivity contribution in [2.45, 2.75) is 6.92 Å². The van der Waals surface area contributed by atoms with Gasteiger partial charge in [0.25, 0.3) is 5.91 Å². The number of anilines is 1. The van der Waals surface area contributed by atoms with Crippen LogP contribution in [-0.2, 0) is 4.79 Å². The van der Waals surface area contributed by atoms with Crippen LogP contribution in [0.5, 0.6) is 11.5 Å². The fourth-order valence-corrected chi connectivity index (χ4v) is 3.08. The fraction of sp³-hybridized carbons (Fsp3) is 0.143. The Kier molecular flexibility index (Phi) is 6.80. The van der Waals surface area contributed by atoms with E-state index in [2.05, 4.69) is 15.8 Å². The molecule has 3 N–H and O–H groups in total. The van der Waals surface area contributed by atoms with E-state index >= 15 is 0 Å². The summed E-state index contributed by atoms with van der Waals surface area (Å²) in [6, 6.07) is 15.2. The standard InChI is InChI=1S/C21H19Cl2N3O3/c1-2-29-18-10-17(22)20(23)16(21(18)28)11-25-26-19(27)12-24-15-8-7-13-5-3-4-6-14(13)9-15/h3-11,24,28H,2,12H2,1H3,(H,26,27). The molecule has 3 aromatic rings. The summed E-state index contributed by atoms with van der Waals surface area (Å²) < 4.78 is 5.31. The molecule has 0 aliphatic rings. The van der Waals surface area contributed by atoms with Crippen molar-refractivity contribution >= 4 is 51.8 Å². The zero-order valence-electron chi connectivity index (χ0n) is 15.6. The number of phenols is 1. The molecule has 0 aromatic heterocycles. The number of hydrazone groups is 1. The van der Waals surface area contributed by atoms with Crippen molar-refractivity contribution in [2.75, 3.05) is 18.5 Å². The van der Waals surface area contributed by atoms with E-state index < -0.39 is 0 Å². The van der Waals surface area contributed by atoms with E-state index in [0.717, 1.165) is 16.5 Å². The summed E-state index contributed by atoms with van der Waals surface area (Å²) in [7, 11) is 0. The Labute approximate surface area is 178 Å². The average molecular weight is 432 g/mol. The number of halogens is 2. The Balaban J connectivity index is 1.62. The third-order valence-electron chi connectivity index (χ3n) is 4.08. The molecule has 0 atom stereocenters. The number of hydrogen-bond donors (Lipinski definition) is 3. The van der Waals surface area contributed by atoms with Crippen LogP contribution < -0.4 is 15.5 Å². The number of nitrogens with zero attached hydrogens (tertiary/aromatic N) is 1. The molecule has 0 spiro atoms. The number of ether oxygens (including phenoxy) is 1. The minimum Gasteiger partial charge on any atom is -0.504 e. The average Bonchev–Trinajstić information content (AvgIpc) is 2.73. The second-order valence-electron chi connectivity index (χ2n) is 6.07. The summed E-state index contributed by atoms with van der Waals surface area (Å²) in [5.41, 5.74) is 3.36. The van der Waals surface area contributed by atoms with Crippen LogP contribution in [-0.4, -0.2) is 30.4 Å². The summed E-state index contributed by atoms with van der Waals surface area (Å²) in [5.74, 6) is -0.377. The fourth-order valence-electron chi connectivity index (χ4n) is 2.69. The van der Waals surface area contributed by atoms with Gasteiger partial charge in [-0.2, -0.15) is 5.10 Å². The van der Waals surface area contributed by atoms with Crippen LogP contribution in [0.15, 0.2) is 53.6 Å². The molecule has 6 nitrogen and oxygen atoms in total. The maximum Gasteiger partial charge on any atom is 0.259 e. The van der Waals surface area contributed by atoms with E-state index in [0.29, 0.717) is 6.61 Å². The Morgan fingerprint density at radius 2 is 1.93 bits per heavy atom. The first-order chi connectivity index (χ1) is 14.0. The SMILES string of the molecule is CCOc1cc(Cl)c(Cl)c(C=NNC(=O)CNc2ccc3ccccc3c2)c1O. The molecule has 1 amide bonds. The molecule has 0 fully saturated rings. The van der Waals surface area contributed by atoms with Crippen LogP contribution in [0.25, 0.3) is 10.8 Å². The normalized spacial score (nSPS) is 11.0. The number of rotatable bonds is 7. The van der Waals surface area contributed by atoms with E-state index in [1.807, 2.05) is 42.5 Å². The van der Waals surface area contributed by atoms with E-state index in [1.165, 1.54) is 12.3 Å². The van der Waals surface area contributed by atoms with E-state index in [9.17, 15) is 9.90 Å². The zero-order valence-corrected chi connectivity index (χ0v) is 17.1. The van der Waals surface area contributed by atoms with Crippen LogP contribution >= 0.6 is 23.2 Å². The molecule has 0 radical (unpaired) electrons. The molecular formula is C21H19Cl2N3O3. The topological polar surface area (TPSA) is 83.0 Å². The third kappa shape index (κ3) is 5.10. The Morgan fingerprint density at radius 3 is 2.69 bits per heavy atom. The van der Waals surface area contributed by atoms with Crippen molar-refractivity contribution in [2.24, 2.45) is 5.10 Å². The molecule has 3 rings (SSSR count). The van der Waals surface area contributed by atoms with Crippen molar-refractivity contribution in [1.82, 2.24) is 5.43 Å². The van der Waals surface area contributed by atoms with Gasteiger partial charge in [0.1, 0.15) is 0 Å². The smallest absolute Gasteiger partial charge is 0.259 e. The number of nitrogens with one attached hydrogen (secondary N) is 2. The highest BCUT2D eigenvalue weighted by atomic mass is 35.5. The number of carbonyl (C=O) groups excluding carboxylic acids is 1. The number of benzene rings is 3. The molecule has 0 aliphatic carbocycles. The lowest BCUT2D eigenvalue weighted by atomic mass is 10.1. The number of amides is 1. The van der Waals surface area contributed by atoms with Crippen molar-refractivity contribution in [3.8, 4) is 11.5 Å². The molecule has 29 heavy (non-hydrogen) atoms. The predicted octanol–water partition coefficient (Wildman–Crippen LogP) is 4.81. The molecule has 150 valence electrons. The van der Waals surface area contributed by atoms with Gasteiger partial charge in [-0.1, -0.05) is 53.5 Å². The van der Waals surface area contributed by atoms with Crippen molar-refractivity contribution in [3.05, 3.63) is 64.1 Å². The molecule has 0 saturated carbocycles. The molecule has 0 unspecified atom stereocenters. The number of carbonyl (C=O) groups is 1. The monoisotopic (exact) mass is 431 g/mol. The summed E-state index contributed by atoms with van der Waals surface area (Å²) in [4.78, 5) is 12.0. The van der Waals surface area contributed by atoms with Gasteiger partial charge in [-0.25, -0.2) is 5.43 Å². The molecule has 8 heteroatoms. The number of hydrogen-bond acceptors (Lipinski definition) is 5. The first-order valence-corrected chi connectivity index (χ1v) is 9.63. The van der Waals surface area contributed by atoms with Crippen LogP contribution in [0.4, 0.5) is 5.69 Å². The largest absolute Gasteiger partial charge is 0.504 e. The predicted molar refractivity (Wildman–Crippen MR) is 117 cm³/mol. The minimum atomic E-state index is -0.364. The summed E-state index contributed by atoms with van der Waals surface area (Å²) in [6.45, 7) is 2.15. The second kappa shape index (κ2) is 9.49. The Morgan fingerprint density at radius 1 is 1.17 bits per heavy atom. The van der Waals surface area contributed by atoms with Crippen molar-refractivity contribution in [1.29, 1.82) is 0 Å². The van der Waals surface area contributed by atoms with Gasteiger partial charge in [0.05, 0.1) is 35.0 Å². The number of aromatic hydroxyl groups is 1. The third-order valence-corrected chi connectivity index (χ3v) is 4.88. The summed E-state index contributed by atoms with van der Waals surface area (Å²) >= 11 is 12.2. The highest BCUT2D eigenvalue weighted by Gasteiger charge is 2.15. The van der Waals surface area contributed by atoms with Gasteiger partial charge in [0.15, 0.2) is 11.5 Å². The van der Waals surface area contributed by atoms with Gasteiger partial charge < -0.3 is 15.2 Å². The molecule has 0 aliphatic heterocycles. The highest BCUT2D eigenvalue weighted by molar-refractivity contribution is 6.43. The lowest BCUT2D eigenvalue weighted by Crippen LogP contribution is -2.25. The minimum absolute atomic E-state index is 0.0230. The Hall–Kier alpha value is -2.96. The zero-order chi connectivity index (χ0) is 20.8. The van der Waals surface area contributed by atoms with Gasteiger partial charge in [0, 0.05) is 11.8 Å². The van der Waals surface area contributed by atoms with Crippen LogP contribution in [0.2, 0.25) is 10.0 Å². The summed E-state index contributed by atoms with van der Waals surface area (Å²) in [5, 5.41) is 19.6. The van der Waals surface area contributed by atoms with Gasteiger partial charge >= 0.3 is 0 Å². The van der Waals surface area contributed by atoms with Gasteiger partial charge in [0.2, 0.25) is 0 Å². The van der Waals surface area contributed by atoms with E-state index in [4.69, 9.17) is 27.9 Å². The Bertz CT molecular complexity index is 1070. The van der Waals surface area contributed by atoms with Gasteiger partial charge in [-0.05, 0) is 29.8 Å². The van der Waals surface area contributed by atoms with E-state index in [1.54, 1.807) is 6.92 Å². The quantitative estimate of drug-likeness (QED) is 0.370. The number of fused-ring (bicyclic) bond motifs is 1. The molecule has 3 aromatic carbocycles. The lowest BCUT2D eigenvalue weighted by molar-refractivity contribution is -0.119. The first-order valence-electron chi connectivity index (χ1n) is 8.88. The van der Waals surface area contributed by atoms with Gasteiger partial charge in [-0.15, -0.1) is 0 Å². The molecule has 0 saturated heterocycles. The van der Waals surface area contributed by atoms with E-state index in [-0.39, 0.29) is 39.6 Å². The first kappa shape index (κ1) is 20.8. The molecular weight excluding hydrogens is 413 g/mol. The maximum absolute atomic E-state index is 12.0. The van der Waals surface area contributed by atoms with Crippen LogP contribution in [0, 0.1) is 0 Å². The molecule has 0 heterocycles.